The number of aromatic nitrogens is 3. The van der Waals surface area contributed by atoms with Gasteiger partial charge in [-0.25, -0.2) is 18.4 Å². The second-order valence-electron chi connectivity index (χ2n) is 4.89. The van der Waals surface area contributed by atoms with E-state index >= 15 is 0 Å². The predicted octanol–water partition coefficient (Wildman–Crippen LogP) is 4.04. The molecule has 1 amide bonds. The molecule has 25 heavy (non-hydrogen) atoms. The van der Waals surface area contributed by atoms with Gasteiger partial charge in [-0.1, -0.05) is 30.0 Å². The van der Waals surface area contributed by atoms with Crippen LogP contribution in [0.3, 0.4) is 0 Å². The number of thioether (sulfide) groups is 1. The van der Waals surface area contributed by atoms with Crippen LogP contribution in [0.4, 0.5) is 14.5 Å². The van der Waals surface area contributed by atoms with E-state index in [0.717, 1.165) is 23.5 Å². The van der Waals surface area contributed by atoms with Crippen molar-refractivity contribution in [3.05, 3.63) is 64.9 Å². The molecule has 0 aliphatic heterocycles. The molecule has 0 fully saturated rings. The molecule has 0 radical (unpaired) electrons. The van der Waals surface area contributed by atoms with E-state index < -0.39 is 17.5 Å². The zero-order chi connectivity index (χ0) is 17.8. The molecule has 9 heteroatoms. The first-order chi connectivity index (χ1) is 12.0. The molecule has 0 unspecified atom stereocenters. The number of carbonyl (C=O) groups is 1. The highest BCUT2D eigenvalue weighted by molar-refractivity contribution is 9.10. The van der Waals surface area contributed by atoms with Crippen molar-refractivity contribution < 1.29 is 13.6 Å². The third kappa shape index (κ3) is 4.43. The Morgan fingerprint density at radius 3 is 2.72 bits per heavy atom. The fourth-order valence-corrected chi connectivity index (χ4v) is 3.09. The summed E-state index contributed by atoms with van der Waals surface area (Å²) in [4.78, 5) is 16.1. The van der Waals surface area contributed by atoms with Crippen molar-refractivity contribution in [2.24, 2.45) is 0 Å². The number of nitrogens with one attached hydrogen (secondary N) is 1. The Kier molecular flexibility index (Phi) is 5.44. The highest BCUT2D eigenvalue weighted by atomic mass is 79.9. The summed E-state index contributed by atoms with van der Waals surface area (Å²) >= 11 is 4.13. The number of carbonyl (C=O) groups excluding carboxylic acids is 1. The van der Waals surface area contributed by atoms with Crippen LogP contribution in [0.1, 0.15) is 0 Å². The van der Waals surface area contributed by atoms with Gasteiger partial charge in [0, 0.05) is 10.5 Å². The van der Waals surface area contributed by atoms with Crippen molar-refractivity contribution in [1.29, 1.82) is 0 Å². The normalized spacial score (nSPS) is 10.7. The smallest absolute Gasteiger partial charge is 0.234 e. The number of anilines is 1. The molecule has 5 nitrogen and oxygen atoms in total. The van der Waals surface area contributed by atoms with E-state index in [1.54, 1.807) is 11.0 Å². The summed E-state index contributed by atoms with van der Waals surface area (Å²) in [6.45, 7) is 0. The molecule has 0 aliphatic carbocycles. The molecule has 128 valence electrons. The standard InChI is InChI=1S/C16H11BrF2N4OS/c17-12-6-10(18)7-13(19)15(12)21-14(24)8-25-16-20-9-23(22-16)11-4-2-1-3-5-11/h1-7,9H,8H2,(H,21,24). The van der Waals surface area contributed by atoms with Gasteiger partial charge < -0.3 is 5.32 Å². The lowest BCUT2D eigenvalue weighted by Gasteiger charge is -2.08. The third-order valence-corrected chi connectivity index (χ3v) is 4.57. The molecule has 3 rings (SSSR count). The average molecular weight is 425 g/mol. The second kappa shape index (κ2) is 7.75. The first kappa shape index (κ1) is 17.6. The van der Waals surface area contributed by atoms with Crippen LogP contribution in [0, 0.1) is 11.6 Å². The predicted molar refractivity (Wildman–Crippen MR) is 94.8 cm³/mol. The van der Waals surface area contributed by atoms with Crippen molar-refractivity contribution in [2.75, 3.05) is 11.1 Å². The van der Waals surface area contributed by atoms with Gasteiger partial charge in [0.05, 0.1) is 17.1 Å². The van der Waals surface area contributed by atoms with Gasteiger partial charge in [-0.05, 0) is 34.1 Å². The summed E-state index contributed by atoms with van der Waals surface area (Å²) < 4.78 is 28.5. The molecule has 0 aliphatic rings. The molecule has 1 N–H and O–H groups in total. The van der Waals surface area contributed by atoms with E-state index in [9.17, 15) is 13.6 Å². The van der Waals surface area contributed by atoms with Crippen LogP contribution >= 0.6 is 27.7 Å². The van der Waals surface area contributed by atoms with Gasteiger partial charge in [0.1, 0.15) is 12.1 Å². The van der Waals surface area contributed by atoms with E-state index in [1.807, 2.05) is 30.3 Å². The van der Waals surface area contributed by atoms with Gasteiger partial charge in [0.25, 0.3) is 0 Å². The number of para-hydroxylation sites is 1. The quantitative estimate of drug-likeness (QED) is 0.627. The number of hydrogen-bond donors (Lipinski definition) is 1. The molecule has 0 saturated heterocycles. The molecule has 3 aromatic rings. The molecular weight excluding hydrogens is 414 g/mol. The number of halogens is 3. The average Bonchev–Trinajstić information content (AvgIpc) is 3.06. The summed E-state index contributed by atoms with van der Waals surface area (Å²) in [7, 11) is 0. The lowest BCUT2D eigenvalue weighted by Crippen LogP contribution is -2.15. The molecular formula is C16H11BrF2N4OS. The zero-order valence-electron chi connectivity index (χ0n) is 12.6. The fourth-order valence-electron chi connectivity index (χ4n) is 1.99. The molecule has 0 atom stereocenters. The lowest BCUT2D eigenvalue weighted by atomic mass is 10.3. The molecule has 2 aromatic carbocycles. The van der Waals surface area contributed by atoms with E-state index in [0.29, 0.717) is 11.2 Å². The van der Waals surface area contributed by atoms with Gasteiger partial charge in [0.15, 0.2) is 5.82 Å². The van der Waals surface area contributed by atoms with E-state index in [2.05, 4.69) is 31.3 Å². The van der Waals surface area contributed by atoms with Gasteiger partial charge in [0.2, 0.25) is 11.1 Å². The van der Waals surface area contributed by atoms with Crippen LogP contribution in [0.2, 0.25) is 0 Å². The summed E-state index contributed by atoms with van der Waals surface area (Å²) in [6.07, 6.45) is 1.55. The first-order valence-corrected chi connectivity index (χ1v) is 8.85. The molecule has 0 spiro atoms. The van der Waals surface area contributed by atoms with Crippen molar-refractivity contribution >= 4 is 39.3 Å². The van der Waals surface area contributed by atoms with E-state index in [1.165, 1.54) is 0 Å². The van der Waals surface area contributed by atoms with Gasteiger partial charge >= 0.3 is 0 Å². The largest absolute Gasteiger partial charge is 0.322 e. The van der Waals surface area contributed by atoms with Crippen LogP contribution in [-0.4, -0.2) is 26.4 Å². The molecule has 0 bridgehead atoms. The highest BCUT2D eigenvalue weighted by Gasteiger charge is 2.14. The maximum absolute atomic E-state index is 13.7. The third-order valence-electron chi connectivity index (χ3n) is 3.10. The fraction of sp³-hybridized carbons (Fsp3) is 0.0625. The van der Waals surface area contributed by atoms with Crippen LogP contribution in [0.5, 0.6) is 0 Å². The number of rotatable bonds is 5. The Balaban J connectivity index is 1.61. The molecule has 1 heterocycles. The summed E-state index contributed by atoms with van der Waals surface area (Å²) in [5, 5.41) is 7.08. The topological polar surface area (TPSA) is 59.8 Å². The van der Waals surface area contributed by atoms with Crippen LogP contribution in [-0.2, 0) is 4.79 Å². The summed E-state index contributed by atoms with van der Waals surface area (Å²) in [5.74, 6) is -2.04. The maximum Gasteiger partial charge on any atom is 0.234 e. The van der Waals surface area contributed by atoms with Crippen LogP contribution < -0.4 is 5.32 Å². The zero-order valence-corrected chi connectivity index (χ0v) is 15.0. The minimum atomic E-state index is -0.850. The second-order valence-corrected chi connectivity index (χ2v) is 6.69. The lowest BCUT2D eigenvalue weighted by molar-refractivity contribution is -0.113. The SMILES string of the molecule is O=C(CSc1ncn(-c2ccccc2)n1)Nc1c(F)cc(F)cc1Br. The first-order valence-electron chi connectivity index (χ1n) is 7.07. The van der Waals surface area contributed by atoms with Crippen LogP contribution in [0.25, 0.3) is 5.69 Å². The van der Waals surface area contributed by atoms with Gasteiger partial charge in [-0.3, -0.25) is 4.79 Å². The van der Waals surface area contributed by atoms with Crippen molar-refractivity contribution in [2.45, 2.75) is 5.16 Å². The summed E-state index contributed by atoms with van der Waals surface area (Å²) in [6, 6.07) is 11.2. The summed E-state index contributed by atoms with van der Waals surface area (Å²) in [5.41, 5.74) is 0.749. The Morgan fingerprint density at radius 1 is 1.24 bits per heavy atom. The Hall–Kier alpha value is -2.26. The highest BCUT2D eigenvalue weighted by Crippen LogP contribution is 2.27. The maximum atomic E-state index is 13.7. The number of hydrogen-bond acceptors (Lipinski definition) is 4. The number of amides is 1. The molecule has 1 aromatic heterocycles. The van der Waals surface area contributed by atoms with Gasteiger partial charge in [-0.15, -0.1) is 5.10 Å². The number of benzene rings is 2. The van der Waals surface area contributed by atoms with Crippen molar-refractivity contribution in [1.82, 2.24) is 14.8 Å². The number of nitrogens with zero attached hydrogens (tertiary/aromatic N) is 3. The Labute approximate surface area is 154 Å². The Bertz CT molecular complexity index is 881. The van der Waals surface area contributed by atoms with Crippen molar-refractivity contribution in [3.8, 4) is 5.69 Å². The Morgan fingerprint density at radius 2 is 2.00 bits per heavy atom. The monoisotopic (exact) mass is 424 g/mol. The molecule has 0 saturated carbocycles. The van der Waals surface area contributed by atoms with Crippen LogP contribution in [0.15, 0.2) is 58.4 Å². The van der Waals surface area contributed by atoms with Gasteiger partial charge in [-0.2, -0.15) is 0 Å². The van der Waals surface area contributed by atoms with E-state index in [-0.39, 0.29) is 15.9 Å². The van der Waals surface area contributed by atoms with Crippen molar-refractivity contribution in [3.63, 3.8) is 0 Å². The minimum Gasteiger partial charge on any atom is -0.322 e. The minimum absolute atomic E-state index is 0.0118. The van der Waals surface area contributed by atoms with E-state index in [4.69, 9.17) is 0 Å².